The normalized spacial score (nSPS) is 19.6. The minimum atomic E-state index is 0. The smallest absolute Gasteiger partial charge is 0.227 e. The molecule has 7 nitrogen and oxygen atoms in total. The third-order valence-corrected chi connectivity index (χ3v) is 5.35. The van der Waals surface area contributed by atoms with Gasteiger partial charge in [-0.3, -0.25) is 9.79 Å². The summed E-state index contributed by atoms with van der Waals surface area (Å²) >= 11 is 0. The number of guanidine groups is 1. The Morgan fingerprint density at radius 1 is 1.24 bits per heavy atom. The highest BCUT2D eigenvalue weighted by Gasteiger charge is 2.25. The van der Waals surface area contributed by atoms with Gasteiger partial charge in [0, 0.05) is 58.4 Å². The van der Waals surface area contributed by atoms with Crippen LogP contribution in [0.4, 0.5) is 5.69 Å². The van der Waals surface area contributed by atoms with Crippen molar-refractivity contribution in [2.24, 2.45) is 10.9 Å². The fourth-order valence-corrected chi connectivity index (χ4v) is 3.78. The molecule has 0 saturated carbocycles. The summed E-state index contributed by atoms with van der Waals surface area (Å²) in [7, 11) is 3.52. The largest absolute Gasteiger partial charge is 0.382 e. The van der Waals surface area contributed by atoms with Crippen LogP contribution < -0.4 is 10.2 Å². The lowest BCUT2D eigenvalue weighted by Gasteiger charge is -2.22. The molecule has 0 aromatic heterocycles. The van der Waals surface area contributed by atoms with Gasteiger partial charge in [0.25, 0.3) is 0 Å². The number of rotatable bonds is 8. The van der Waals surface area contributed by atoms with E-state index in [-0.39, 0.29) is 29.9 Å². The molecule has 1 atom stereocenters. The monoisotopic (exact) mass is 516 g/mol. The summed E-state index contributed by atoms with van der Waals surface area (Å²) in [6, 6.07) is 8.23. The van der Waals surface area contributed by atoms with Crippen molar-refractivity contribution >= 4 is 41.5 Å². The number of benzene rings is 1. The van der Waals surface area contributed by atoms with Crippen LogP contribution in [0.5, 0.6) is 0 Å². The van der Waals surface area contributed by atoms with Gasteiger partial charge < -0.3 is 24.6 Å². The van der Waals surface area contributed by atoms with Crippen LogP contribution in [0.3, 0.4) is 0 Å². The van der Waals surface area contributed by atoms with Crippen molar-refractivity contribution < 1.29 is 14.3 Å². The number of hydrogen-bond acceptors (Lipinski definition) is 4. The molecule has 2 aliphatic heterocycles. The van der Waals surface area contributed by atoms with Crippen LogP contribution in [-0.2, 0) is 20.8 Å². The number of nitrogens with one attached hydrogen (secondary N) is 1. The Labute approximate surface area is 190 Å². The van der Waals surface area contributed by atoms with Gasteiger partial charge in [0.15, 0.2) is 5.96 Å². The molecule has 1 aromatic rings. The number of anilines is 1. The fourth-order valence-electron chi connectivity index (χ4n) is 3.78. The third kappa shape index (κ3) is 6.82. The van der Waals surface area contributed by atoms with Gasteiger partial charge in [-0.15, -0.1) is 24.0 Å². The number of carbonyl (C=O) groups is 1. The van der Waals surface area contributed by atoms with Gasteiger partial charge in [0.05, 0.1) is 19.8 Å². The lowest BCUT2D eigenvalue weighted by atomic mass is 10.1. The van der Waals surface area contributed by atoms with Crippen LogP contribution in [0.2, 0.25) is 0 Å². The van der Waals surface area contributed by atoms with Crippen molar-refractivity contribution in [2.75, 3.05) is 58.5 Å². The lowest BCUT2D eigenvalue weighted by Crippen LogP contribution is -2.39. The molecule has 1 N–H and O–H groups in total. The lowest BCUT2D eigenvalue weighted by molar-refractivity contribution is -0.117. The quantitative estimate of drug-likeness (QED) is 0.249. The molecule has 8 heteroatoms. The van der Waals surface area contributed by atoms with Gasteiger partial charge in [0.2, 0.25) is 5.91 Å². The molecule has 0 bridgehead atoms. The van der Waals surface area contributed by atoms with Gasteiger partial charge in [-0.25, -0.2) is 0 Å². The molecular formula is C21H33IN4O3. The first kappa shape index (κ1) is 23.9. The Bertz CT molecular complexity index is 668. The highest BCUT2D eigenvalue weighted by atomic mass is 127. The molecule has 2 saturated heterocycles. The number of amides is 1. The van der Waals surface area contributed by atoms with Crippen molar-refractivity contribution in [3.05, 3.63) is 29.8 Å². The molecule has 162 valence electrons. The minimum Gasteiger partial charge on any atom is -0.382 e. The van der Waals surface area contributed by atoms with Gasteiger partial charge in [-0.1, -0.05) is 12.1 Å². The number of halogens is 1. The van der Waals surface area contributed by atoms with E-state index in [9.17, 15) is 4.79 Å². The molecule has 2 fully saturated rings. The molecule has 29 heavy (non-hydrogen) atoms. The second-order valence-electron chi connectivity index (χ2n) is 7.38. The molecule has 1 aromatic carbocycles. The zero-order valence-corrected chi connectivity index (χ0v) is 19.8. The van der Waals surface area contributed by atoms with Gasteiger partial charge in [-0.05, 0) is 30.5 Å². The summed E-state index contributed by atoms with van der Waals surface area (Å²) in [5.41, 5.74) is 2.17. The first-order chi connectivity index (χ1) is 13.7. The number of methoxy groups -OCH3 is 1. The van der Waals surface area contributed by atoms with Gasteiger partial charge >= 0.3 is 0 Å². The van der Waals surface area contributed by atoms with Crippen LogP contribution in [0.15, 0.2) is 29.3 Å². The molecule has 2 heterocycles. The third-order valence-electron chi connectivity index (χ3n) is 5.35. The highest BCUT2D eigenvalue weighted by molar-refractivity contribution is 14.0. The van der Waals surface area contributed by atoms with E-state index in [2.05, 4.69) is 27.3 Å². The summed E-state index contributed by atoms with van der Waals surface area (Å²) in [5.74, 6) is 1.69. The predicted molar refractivity (Wildman–Crippen MR) is 126 cm³/mol. The average molecular weight is 516 g/mol. The van der Waals surface area contributed by atoms with E-state index in [0.717, 1.165) is 50.7 Å². The first-order valence-corrected chi connectivity index (χ1v) is 10.1. The predicted octanol–water partition coefficient (Wildman–Crippen LogP) is 2.49. The minimum absolute atomic E-state index is 0. The van der Waals surface area contributed by atoms with Crippen molar-refractivity contribution in [3.8, 4) is 0 Å². The van der Waals surface area contributed by atoms with E-state index in [1.807, 2.05) is 24.1 Å². The molecule has 1 unspecified atom stereocenters. The number of aliphatic imine (C=N–C) groups is 1. The Morgan fingerprint density at radius 3 is 2.69 bits per heavy atom. The number of nitrogens with zero attached hydrogens (tertiary/aromatic N) is 3. The summed E-state index contributed by atoms with van der Waals surface area (Å²) in [5, 5.41) is 3.46. The van der Waals surface area contributed by atoms with Crippen LogP contribution in [0.25, 0.3) is 0 Å². The number of carbonyl (C=O) groups excluding carboxylic acids is 1. The average Bonchev–Trinajstić information content (AvgIpc) is 3.36. The van der Waals surface area contributed by atoms with Crippen molar-refractivity contribution in [1.29, 1.82) is 0 Å². The SMILES string of the molecule is CN=C(NCc1ccc(N2CCCC2=O)cc1)N1CCC(COCCOC)C1.I. The Morgan fingerprint density at radius 2 is 2.03 bits per heavy atom. The summed E-state index contributed by atoms with van der Waals surface area (Å²) in [6.45, 7) is 5.56. The molecule has 0 radical (unpaired) electrons. The highest BCUT2D eigenvalue weighted by Crippen LogP contribution is 2.22. The van der Waals surface area contributed by atoms with Gasteiger partial charge in [0.1, 0.15) is 0 Å². The van der Waals surface area contributed by atoms with Crippen LogP contribution in [-0.4, -0.2) is 70.4 Å². The maximum Gasteiger partial charge on any atom is 0.227 e. The van der Waals surface area contributed by atoms with E-state index in [1.165, 1.54) is 5.56 Å². The zero-order valence-electron chi connectivity index (χ0n) is 17.4. The van der Waals surface area contributed by atoms with E-state index in [1.54, 1.807) is 7.11 Å². The molecule has 3 rings (SSSR count). The van der Waals surface area contributed by atoms with Crippen molar-refractivity contribution in [2.45, 2.75) is 25.8 Å². The number of ether oxygens (including phenoxy) is 2. The van der Waals surface area contributed by atoms with E-state index < -0.39 is 0 Å². The van der Waals surface area contributed by atoms with Gasteiger partial charge in [-0.2, -0.15) is 0 Å². The second-order valence-corrected chi connectivity index (χ2v) is 7.38. The van der Waals surface area contributed by atoms with Crippen molar-refractivity contribution in [1.82, 2.24) is 10.2 Å². The van der Waals surface area contributed by atoms with E-state index in [4.69, 9.17) is 9.47 Å². The first-order valence-electron chi connectivity index (χ1n) is 10.1. The molecule has 0 spiro atoms. The molecule has 1 amide bonds. The Balaban J connectivity index is 0.00000300. The fraction of sp³-hybridized carbons (Fsp3) is 0.619. The maximum atomic E-state index is 11.9. The van der Waals surface area contributed by atoms with Crippen LogP contribution in [0.1, 0.15) is 24.8 Å². The topological polar surface area (TPSA) is 66.4 Å². The van der Waals surface area contributed by atoms with Crippen molar-refractivity contribution in [3.63, 3.8) is 0 Å². The van der Waals surface area contributed by atoms with E-state index >= 15 is 0 Å². The standard InChI is InChI=1S/C21H32N4O3.HI/c1-22-21(24-11-9-18(15-24)16-28-13-12-27-2)23-14-17-5-7-19(8-6-17)25-10-3-4-20(25)26;/h5-8,18H,3-4,9-16H2,1-2H3,(H,22,23);1H. The Hall–Kier alpha value is -1.39. The second kappa shape index (κ2) is 12.3. The zero-order chi connectivity index (χ0) is 19.8. The Kier molecular flexibility index (Phi) is 10.2. The molecule has 2 aliphatic rings. The summed E-state index contributed by atoms with van der Waals surface area (Å²) < 4.78 is 10.7. The summed E-state index contributed by atoms with van der Waals surface area (Å²) in [6.07, 6.45) is 2.73. The molecule has 0 aliphatic carbocycles. The number of likely N-dealkylation sites (tertiary alicyclic amines) is 1. The molecular weight excluding hydrogens is 483 g/mol. The van der Waals surface area contributed by atoms with Crippen LogP contribution in [0, 0.1) is 5.92 Å². The number of hydrogen-bond donors (Lipinski definition) is 1. The maximum absolute atomic E-state index is 11.9. The van der Waals surface area contributed by atoms with Crippen LogP contribution >= 0.6 is 24.0 Å². The van der Waals surface area contributed by atoms with E-state index in [0.29, 0.717) is 32.1 Å². The summed E-state index contributed by atoms with van der Waals surface area (Å²) in [4.78, 5) is 20.5.